The lowest BCUT2D eigenvalue weighted by atomic mass is 10.1. The minimum absolute atomic E-state index is 0.0917. The summed E-state index contributed by atoms with van der Waals surface area (Å²) in [6.07, 6.45) is 2.08. The van der Waals surface area contributed by atoms with Gasteiger partial charge in [0, 0.05) is 18.0 Å². The maximum atomic E-state index is 12.4. The fourth-order valence-corrected chi connectivity index (χ4v) is 2.92. The molecule has 5 nitrogen and oxygen atoms in total. The number of carbonyl (C=O) groups excluding carboxylic acids is 1. The van der Waals surface area contributed by atoms with E-state index in [0.717, 1.165) is 16.8 Å². The van der Waals surface area contributed by atoms with Crippen LogP contribution < -0.4 is 10.9 Å². The zero-order chi connectivity index (χ0) is 16.1. The first-order valence-electron chi connectivity index (χ1n) is 7.09. The fraction of sp³-hybridized carbons (Fsp3) is 0.312. The average molecular weight is 317 g/mol. The van der Waals surface area contributed by atoms with Gasteiger partial charge in [-0.15, -0.1) is 0 Å². The van der Waals surface area contributed by atoms with Crippen molar-refractivity contribution >= 4 is 23.4 Å². The van der Waals surface area contributed by atoms with Gasteiger partial charge in [0.25, 0.3) is 5.56 Å². The molecule has 0 aliphatic carbocycles. The second kappa shape index (κ2) is 7.26. The summed E-state index contributed by atoms with van der Waals surface area (Å²) in [5, 5.41) is 3.08. The smallest absolute Gasteiger partial charge is 0.251 e. The molecule has 0 fully saturated rings. The van der Waals surface area contributed by atoms with Crippen molar-refractivity contribution < 1.29 is 4.79 Å². The fourth-order valence-electron chi connectivity index (χ4n) is 2.04. The van der Waals surface area contributed by atoms with Crippen LogP contribution in [0.1, 0.15) is 24.5 Å². The predicted molar refractivity (Wildman–Crippen MR) is 89.3 cm³/mol. The standard InChI is InChI=1S/C16H19N3O2S/c1-4-13(22-16-17-8-7-14(20)19-16)15(21)18-12-6-5-10(2)9-11(12)3/h5-9,13H,4H2,1-3H3,(H,18,21)(H,17,19,20). The average Bonchev–Trinajstić information content (AvgIpc) is 2.47. The van der Waals surface area contributed by atoms with Crippen molar-refractivity contribution in [3.63, 3.8) is 0 Å². The number of benzene rings is 1. The summed E-state index contributed by atoms with van der Waals surface area (Å²) in [4.78, 5) is 30.4. The van der Waals surface area contributed by atoms with Crippen LogP contribution in [0.5, 0.6) is 0 Å². The quantitative estimate of drug-likeness (QED) is 0.657. The van der Waals surface area contributed by atoms with Crippen molar-refractivity contribution in [2.45, 2.75) is 37.6 Å². The molecule has 1 aromatic heterocycles. The van der Waals surface area contributed by atoms with E-state index in [0.29, 0.717) is 11.6 Å². The Hall–Kier alpha value is -2.08. The number of aromatic amines is 1. The van der Waals surface area contributed by atoms with Gasteiger partial charge in [0.15, 0.2) is 5.16 Å². The van der Waals surface area contributed by atoms with Gasteiger partial charge in [-0.3, -0.25) is 9.59 Å². The van der Waals surface area contributed by atoms with E-state index < -0.39 is 0 Å². The van der Waals surface area contributed by atoms with Crippen LogP contribution >= 0.6 is 11.8 Å². The van der Waals surface area contributed by atoms with E-state index in [-0.39, 0.29) is 16.7 Å². The summed E-state index contributed by atoms with van der Waals surface area (Å²) in [6, 6.07) is 7.25. The third-order valence-electron chi connectivity index (χ3n) is 3.20. The van der Waals surface area contributed by atoms with Gasteiger partial charge in [-0.25, -0.2) is 4.98 Å². The minimum atomic E-state index is -0.314. The normalized spacial score (nSPS) is 12.0. The lowest BCUT2D eigenvalue weighted by Crippen LogP contribution is -2.25. The number of rotatable bonds is 5. The van der Waals surface area contributed by atoms with Crippen LogP contribution in [-0.2, 0) is 4.79 Å². The molecule has 2 aromatic rings. The minimum Gasteiger partial charge on any atom is -0.325 e. The van der Waals surface area contributed by atoms with Crippen molar-refractivity contribution in [3.8, 4) is 0 Å². The molecule has 1 unspecified atom stereocenters. The van der Waals surface area contributed by atoms with Crippen molar-refractivity contribution in [3.05, 3.63) is 51.9 Å². The highest BCUT2D eigenvalue weighted by Gasteiger charge is 2.19. The molecule has 0 spiro atoms. The lowest BCUT2D eigenvalue weighted by Gasteiger charge is -2.15. The second-order valence-electron chi connectivity index (χ2n) is 5.06. The molecular weight excluding hydrogens is 298 g/mol. The van der Waals surface area contributed by atoms with Crippen LogP contribution in [0.3, 0.4) is 0 Å². The van der Waals surface area contributed by atoms with Crippen molar-refractivity contribution in [1.82, 2.24) is 9.97 Å². The van der Waals surface area contributed by atoms with E-state index in [1.165, 1.54) is 24.0 Å². The van der Waals surface area contributed by atoms with Crippen molar-refractivity contribution in [2.75, 3.05) is 5.32 Å². The Morgan fingerprint density at radius 2 is 2.14 bits per heavy atom. The lowest BCUT2D eigenvalue weighted by molar-refractivity contribution is -0.115. The number of thioether (sulfide) groups is 1. The van der Waals surface area contributed by atoms with Gasteiger partial charge in [-0.1, -0.05) is 36.4 Å². The van der Waals surface area contributed by atoms with Crippen LogP contribution in [-0.4, -0.2) is 21.1 Å². The molecule has 0 radical (unpaired) electrons. The number of hydrogen-bond acceptors (Lipinski definition) is 4. The highest BCUT2D eigenvalue weighted by molar-refractivity contribution is 8.00. The SMILES string of the molecule is CCC(Sc1nccc(=O)[nH]1)C(=O)Nc1ccc(C)cc1C. The van der Waals surface area contributed by atoms with E-state index in [4.69, 9.17) is 0 Å². The Kier molecular flexibility index (Phi) is 5.38. The van der Waals surface area contributed by atoms with E-state index in [2.05, 4.69) is 15.3 Å². The van der Waals surface area contributed by atoms with Gasteiger partial charge < -0.3 is 10.3 Å². The first-order valence-corrected chi connectivity index (χ1v) is 7.97. The number of carbonyl (C=O) groups is 1. The molecule has 1 heterocycles. The Labute approximate surface area is 133 Å². The molecule has 0 aliphatic rings. The Bertz CT molecular complexity index is 727. The number of nitrogens with zero attached hydrogens (tertiary/aromatic N) is 1. The number of aryl methyl sites for hydroxylation is 2. The van der Waals surface area contributed by atoms with Crippen molar-refractivity contribution in [2.24, 2.45) is 0 Å². The van der Waals surface area contributed by atoms with E-state index in [9.17, 15) is 9.59 Å². The molecule has 22 heavy (non-hydrogen) atoms. The van der Waals surface area contributed by atoms with Crippen LogP contribution in [0, 0.1) is 13.8 Å². The van der Waals surface area contributed by atoms with Crippen LogP contribution in [0.25, 0.3) is 0 Å². The number of H-pyrrole nitrogens is 1. The molecule has 0 aliphatic heterocycles. The van der Waals surface area contributed by atoms with Crippen LogP contribution in [0.2, 0.25) is 0 Å². The van der Waals surface area contributed by atoms with Gasteiger partial charge in [-0.05, 0) is 31.9 Å². The molecular formula is C16H19N3O2S. The summed E-state index contributed by atoms with van der Waals surface area (Å²) in [7, 11) is 0. The molecule has 1 atom stereocenters. The maximum absolute atomic E-state index is 12.4. The zero-order valence-electron chi connectivity index (χ0n) is 12.8. The Morgan fingerprint density at radius 1 is 1.36 bits per heavy atom. The topological polar surface area (TPSA) is 74.8 Å². The summed E-state index contributed by atoms with van der Waals surface area (Å²) in [5.41, 5.74) is 2.77. The number of amides is 1. The van der Waals surface area contributed by atoms with E-state index in [1.807, 2.05) is 39.0 Å². The van der Waals surface area contributed by atoms with Crippen LogP contribution in [0.15, 0.2) is 40.4 Å². The third kappa shape index (κ3) is 4.21. The summed E-state index contributed by atoms with van der Waals surface area (Å²) < 4.78 is 0. The van der Waals surface area contributed by atoms with E-state index in [1.54, 1.807) is 0 Å². The molecule has 0 bridgehead atoms. The summed E-state index contributed by atoms with van der Waals surface area (Å²) in [5.74, 6) is -0.0917. The molecule has 2 N–H and O–H groups in total. The summed E-state index contributed by atoms with van der Waals surface area (Å²) in [6.45, 7) is 5.91. The second-order valence-corrected chi connectivity index (χ2v) is 6.25. The zero-order valence-corrected chi connectivity index (χ0v) is 13.7. The number of hydrogen-bond donors (Lipinski definition) is 2. The van der Waals surface area contributed by atoms with Gasteiger partial charge in [0.2, 0.25) is 5.91 Å². The molecule has 2 rings (SSSR count). The van der Waals surface area contributed by atoms with Gasteiger partial charge in [0.05, 0.1) is 5.25 Å². The Balaban J connectivity index is 2.10. The van der Waals surface area contributed by atoms with Crippen molar-refractivity contribution in [1.29, 1.82) is 0 Å². The molecule has 1 amide bonds. The molecule has 0 saturated heterocycles. The highest BCUT2D eigenvalue weighted by Crippen LogP contribution is 2.23. The Morgan fingerprint density at radius 3 is 2.77 bits per heavy atom. The maximum Gasteiger partial charge on any atom is 0.251 e. The third-order valence-corrected chi connectivity index (χ3v) is 4.47. The molecule has 116 valence electrons. The summed E-state index contributed by atoms with van der Waals surface area (Å²) >= 11 is 1.26. The number of aromatic nitrogens is 2. The number of nitrogens with one attached hydrogen (secondary N) is 2. The van der Waals surface area contributed by atoms with E-state index >= 15 is 0 Å². The van der Waals surface area contributed by atoms with Gasteiger partial charge >= 0.3 is 0 Å². The van der Waals surface area contributed by atoms with Crippen LogP contribution in [0.4, 0.5) is 5.69 Å². The first kappa shape index (κ1) is 16.3. The molecule has 0 saturated carbocycles. The molecule has 6 heteroatoms. The number of anilines is 1. The van der Waals surface area contributed by atoms with Gasteiger partial charge in [0.1, 0.15) is 0 Å². The molecule has 1 aromatic carbocycles. The highest BCUT2D eigenvalue weighted by atomic mass is 32.2. The monoisotopic (exact) mass is 317 g/mol. The largest absolute Gasteiger partial charge is 0.325 e. The first-order chi connectivity index (χ1) is 10.5. The van der Waals surface area contributed by atoms with Gasteiger partial charge in [-0.2, -0.15) is 0 Å². The predicted octanol–water partition coefficient (Wildman–Crippen LogP) is 2.90.